The van der Waals surface area contributed by atoms with Gasteiger partial charge in [-0.15, -0.1) is 0 Å². The summed E-state index contributed by atoms with van der Waals surface area (Å²) in [6, 6.07) is 4.01. The Bertz CT molecular complexity index is 552. The Labute approximate surface area is 131 Å². The molecule has 1 rings (SSSR count). The SMILES string of the molecule is CC.CCCN=C(/C(C)=C\N)c1cc(F)cc(C(=O)OC)c1. The molecule has 1 aromatic carbocycles. The third kappa shape index (κ3) is 5.68. The van der Waals surface area contributed by atoms with Gasteiger partial charge in [0.15, 0.2) is 0 Å². The fraction of sp³-hybridized carbons (Fsp3) is 0.412. The zero-order valence-corrected chi connectivity index (χ0v) is 13.9. The van der Waals surface area contributed by atoms with Gasteiger partial charge in [0.25, 0.3) is 0 Å². The van der Waals surface area contributed by atoms with Crippen LogP contribution in [0.2, 0.25) is 0 Å². The first kappa shape index (κ1) is 19.8. The van der Waals surface area contributed by atoms with Crippen LogP contribution in [0.15, 0.2) is 35.0 Å². The van der Waals surface area contributed by atoms with E-state index in [9.17, 15) is 9.18 Å². The number of hydrogen-bond donors (Lipinski definition) is 1. The largest absolute Gasteiger partial charge is 0.465 e. The second-order valence-corrected chi connectivity index (χ2v) is 4.30. The first-order chi connectivity index (χ1) is 10.5. The van der Waals surface area contributed by atoms with Crippen molar-refractivity contribution in [3.8, 4) is 0 Å². The highest BCUT2D eigenvalue weighted by atomic mass is 19.1. The molecule has 0 radical (unpaired) electrons. The smallest absolute Gasteiger partial charge is 0.337 e. The second kappa shape index (κ2) is 10.5. The number of ether oxygens (including phenoxy) is 1. The molecular formula is C17H25FN2O2. The third-order valence-corrected chi connectivity index (χ3v) is 2.71. The molecule has 0 amide bonds. The summed E-state index contributed by atoms with van der Waals surface area (Å²) in [5, 5.41) is 0. The molecule has 2 N–H and O–H groups in total. The van der Waals surface area contributed by atoms with Crippen molar-refractivity contribution in [3.63, 3.8) is 0 Å². The number of nitrogens with zero attached hydrogens (tertiary/aromatic N) is 1. The zero-order chi connectivity index (χ0) is 17.1. The van der Waals surface area contributed by atoms with Gasteiger partial charge in [0.05, 0.1) is 18.4 Å². The van der Waals surface area contributed by atoms with E-state index in [-0.39, 0.29) is 5.56 Å². The van der Waals surface area contributed by atoms with Crippen LogP contribution in [0.1, 0.15) is 50.0 Å². The third-order valence-electron chi connectivity index (χ3n) is 2.71. The fourth-order valence-corrected chi connectivity index (χ4v) is 1.71. The van der Waals surface area contributed by atoms with Crippen molar-refractivity contribution in [1.29, 1.82) is 0 Å². The van der Waals surface area contributed by atoms with Gasteiger partial charge >= 0.3 is 5.97 Å². The summed E-state index contributed by atoms with van der Waals surface area (Å²) in [6.45, 7) is 8.38. The highest BCUT2D eigenvalue weighted by Gasteiger charge is 2.13. The molecule has 0 saturated heterocycles. The molecule has 122 valence electrons. The normalized spacial score (nSPS) is 11.5. The highest BCUT2D eigenvalue weighted by Crippen LogP contribution is 2.15. The quantitative estimate of drug-likeness (QED) is 0.666. The van der Waals surface area contributed by atoms with Crippen LogP contribution in [0.5, 0.6) is 0 Å². The zero-order valence-electron chi connectivity index (χ0n) is 13.9. The van der Waals surface area contributed by atoms with Crippen molar-refractivity contribution in [2.45, 2.75) is 34.1 Å². The summed E-state index contributed by atoms with van der Waals surface area (Å²) < 4.78 is 18.3. The maximum Gasteiger partial charge on any atom is 0.337 e. The van der Waals surface area contributed by atoms with E-state index in [0.29, 0.717) is 17.8 Å². The van der Waals surface area contributed by atoms with Crippen LogP contribution in [-0.2, 0) is 4.74 Å². The Balaban J connectivity index is 0.00000211. The van der Waals surface area contributed by atoms with E-state index < -0.39 is 11.8 Å². The van der Waals surface area contributed by atoms with E-state index in [1.807, 2.05) is 20.8 Å². The number of esters is 1. The van der Waals surface area contributed by atoms with Gasteiger partial charge in [-0.2, -0.15) is 0 Å². The fourth-order valence-electron chi connectivity index (χ4n) is 1.71. The predicted molar refractivity (Wildman–Crippen MR) is 88.7 cm³/mol. The Morgan fingerprint density at radius 3 is 2.41 bits per heavy atom. The van der Waals surface area contributed by atoms with Crippen molar-refractivity contribution >= 4 is 11.7 Å². The van der Waals surface area contributed by atoms with Gasteiger partial charge in [0, 0.05) is 12.1 Å². The number of allylic oxidation sites excluding steroid dienone is 1. The predicted octanol–water partition coefficient (Wildman–Crippen LogP) is 3.70. The van der Waals surface area contributed by atoms with Crippen LogP contribution in [0, 0.1) is 5.82 Å². The van der Waals surface area contributed by atoms with Crippen LogP contribution in [0.25, 0.3) is 0 Å². The van der Waals surface area contributed by atoms with Crippen LogP contribution < -0.4 is 5.73 Å². The van der Waals surface area contributed by atoms with E-state index in [0.717, 1.165) is 18.1 Å². The summed E-state index contributed by atoms with van der Waals surface area (Å²) in [5.41, 5.74) is 7.48. The number of methoxy groups -OCH3 is 1. The average Bonchev–Trinajstić information content (AvgIpc) is 2.55. The minimum atomic E-state index is -0.588. The second-order valence-electron chi connectivity index (χ2n) is 4.30. The van der Waals surface area contributed by atoms with Gasteiger partial charge in [0.2, 0.25) is 0 Å². The van der Waals surface area contributed by atoms with Crippen molar-refractivity contribution in [1.82, 2.24) is 0 Å². The van der Waals surface area contributed by atoms with Crippen LogP contribution >= 0.6 is 0 Å². The number of benzene rings is 1. The Morgan fingerprint density at radius 2 is 1.91 bits per heavy atom. The number of halogens is 1. The van der Waals surface area contributed by atoms with Crippen LogP contribution in [0.4, 0.5) is 4.39 Å². The van der Waals surface area contributed by atoms with Crippen molar-refractivity contribution in [3.05, 3.63) is 46.9 Å². The van der Waals surface area contributed by atoms with E-state index in [1.54, 1.807) is 13.0 Å². The first-order valence-electron chi connectivity index (χ1n) is 7.36. The van der Waals surface area contributed by atoms with Gasteiger partial charge in [-0.3, -0.25) is 4.99 Å². The molecule has 0 fully saturated rings. The van der Waals surface area contributed by atoms with Crippen molar-refractivity contribution in [2.75, 3.05) is 13.7 Å². The van der Waals surface area contributed by atoms with Crippen LogP contribution in [0.3, 0.4) is 0 Å². The minimum absolute atomic E-state index is 0.150. The molecule has 0 aromatic heterocycles. The standard InChI is InChI=1S/C15H19FN2O2.C2H6/c1-4-5-18-14(10(2)9-17)11-6-12(15(19)20-3)8-13(16)7-11;1-2/h6-9H,4-5,17H2,1-3H3;1-2H3/b10-9-,18-14?;. The van der Waals surface area contributed by atoms with E-state index in [4.69, 9.17) is 5.73 Å². The summed E-state index contributed by atoms with van der Waals surface area (Å²) in [7, 11) is 1.25. The van der Waals surface area contributed by atoms with E-state index in [2.05, 4.69) is 9.73 Å². The van der Waals surface area contributed by atoms with E-state index in [1.165, 1.54) is 19.4 Å². The highest BCUT2D eigenvalue weighted by molar-refractivity contribution is 6.13. The number of rotatable bonds is 5. The molecule has 1 aromatic rings. The lowest BCUT2D eigenvalue weighted by Gasteiger charge is -2.09. The lowest BCUT2D eigenvalue weighted by molar-refractivity contribution is 0.0600. The lowest BCUT2D eigenvalue weighted by atomic mass is 10.0. The molecule has 0 heterocycles. The van der Waals surface area contributed by atoms with Gasteiger partial charge in [-0.25, -0.2) is 9.18 Å². The molecule has 0 spiro atoms. The Kier molecular flexibility index (Phi) is 9.50. The average molecular weight is 308 g/mol. The van der Waals surface area contributed by atoms with Crippen molar-refractivity contribution in [2.24, 2.45) is 10.7 Å². The van der Waals surface area contributed by atoms with Gasteiger partial charge < -0.3 is 10.5 Å². The van der Waals surface area contributed by atoms with Crippen LogP contribution in [-0.4, -0.2) is 25.3 Å². The molecule has 0 unspecified atom stereocenters. The number of aliphatic imine (C=N–C) groups is 1. The van der Waals surface area contributed by atoms with Gasteiger partial charge in [0.1, 0.15) is 5.82 Å². The minimum Gasteiger partial charge on any atom is -0.465 e. The lowest BCUT2D eigenvalue weighted by Crippen LogP contribution is -2.09. The van der Waals surface area contributed by atoms with Gasteiger partial charge in [-0.05, 0) is 43.3 Å². The Morgan fingerprint density at radius 1 is 1.32 bits per heavy atom. The monoisotopic (exact) mass is 308 g/mol. The molecule has 0 bridgehead atoms. The van der Waals surface area contributed by atoms with Crippen molar-refractivity contribution < 1.29 is 13.9 Å². The molecule has 0 aliphatic carbocycles. The maximum absolute atomic E-state index is 13.7. The molecule has 0 aliphatic rings. The molecule has 4 nitrogen and oxygen atoms in total. The molecule has 0 saturated carbocycles. The summed E-state index contributed by atoms with van der Waals surface area (Å²) >= 11 is 0. The summed E-state index contributed by atoms with van der Waals surface area (Å²) in [5.74, 6) is -1.10. The maximum atomic E-state index is 13.7. The first-order valence-corrected chi connectivity index (χ1v) is 7.36. The molecule has 22 heavy (non-hydrogen) atoms. The number of carbonyl (C=O) groups is 1. The number of hydrogen-bond acceptors (Lipinski definition) is 4. The molecular weight excluding hydrogens is 283 g/mol. The molecule has 0 atom stereocenters. The summed E-state index contributed by atoms with van der Waals surface area (Å²) in [6.07, 6.45) is 2.28. The van der Waals surface area contributed by atoms with Gasteiger partial charge in [-0.1, -0.05) is 20.8 Å². The van der Waals surface area contributed by atoms with E-state index >= 15 is 0 Å². The summed E-state index contributed by atoms with van der Waals surface area (Å²) in [4.78, 5) is 15.9. The number of carbonyl (C=O) groups excluding carboxylic acids is 1. The molecule has 5 heteroatoms. The molecule has 0 aliphatic heterocycles. The number of nitrogens with two attached hydrogens (primary N) is 1. The Hall–Kier alpha value is -2.17. The topological polar surface area (TPSA) is 64.7 Å².